The van der Waals surface area contributed by atoms with Gasteiger partial charge in [0.15, 0.2) is 12.5 Å². The molecule has 19 heavy (non-hydrogen) atoms. The van der Waals surface area contributed by atoms with E-state index in [-0.39, 0.29) is 6.61 Å². The van der Waals surface area contributed by atoms with Crippen LogP contribution in [0.5, 0.6) is 0 Å². The van der Waals surface area contributed by atoms with Crippen LogP contribution in [-0.4, -0.2) is 44.9 Å². The molecule has 0 spiro atoms. The zero-order valence-corrected chi connectivity index (χ0v) is 10.1. The Kier molecular flexibility index (Phi) is 2.82. The molecule has 2 saturated heterocycles. The lowest BCUT2D eigenvalue weighted by atomic mass is 10.00. The highest BCUT2D eigenvalue weighted by Crippen LogP contribution is 2.39. The van der Waals surface area contributed by atoms with Gasteiger partial charge in [0.1, 0.15) is 6.10 Å². The summed E-state index contributed by atoms with van der Waals surface area (Å²) in [7, 11) is 0. The summed E-state index contributed by atoms with van der Waals surface area (Å²) in [5, 5.41) is 19.7. The van der Waals surface area contributed by atoms with E-state index in [0.717, 1.165) is 4.57 Å². The quantitative estimate of drug-likeness (QED) is 0.547. The lowest BCUT2D eigenvalue weighted by molar-refractivity contribution is -0.126. The lowest BCUT2D eigenvalue weighted by Crippen LogP contribution is -2.38. The van der Waals surface area contributed by atoms with Crippen molar-refractivity contribution in [3.8, 4) is 0 Å². The fourth-order valence-corrected chi connectivity index (χ4v) is 2.57. The van der Waals surface area contributed by atoms with Crippen molar-refractivity contribution in [1.29, 1.82) is 0 Å². The first-order valence-electron chi connectivity index (χ1n) is 5.94. The third-order valence-corrected chi connectivity index (χ3v) is 3.61. The molecule has 0 saturated carbocycles. The van der Waals surface area contributed by atoms with Gasteiger partial charge in [-0.2, -0.15) is 0 Å². The summed E-state index contributed by atoms with van der Waals surface area (Å²) in [6.45, 7) is 1.71. The van der Waals surface area contributed by atoms with Gasteiger partial charge in [0, 0.05) is 11.8 Å². The van der Waals surface area contributed by atoms with Gasteiger partial charge < -0.3 is 19.7 Å². The Morgan fingerprint density at radius 3 is 2.84 bits per heavy atom. The molecule has 8 nitrogen and oxygen atoms in total. The molecule has 0 aromatic carbocycles. The zero-order valence-electron chi connectivity index (χ0n) is 10.1. The second-order valence-corrected chi connectivity index (χ2v) is 4.84. The first-order chi connectivity index (χ1) is 8.99. The summed E-state index contributed by atoms with van der Waals surface area (Å²) in [6.07, 6.45) is -2.25. The van der Waals surface area contributed by atoms with Gasteiger partial charge in [-0.1, -0.05) is 0 Å². The van der Waals surface area contributed by atoms with Crippen LogP contribution in [0, 0.1) is 12.8 Å². The third-order valence-electron chi connectivity index (χ3n) is 3.61. The number of ether oxygens (including phenoxy) is 2. The smallest absolute Gasteiger partial charge is 0.330 e. The van der Waals surface area contributed by atoms with Gasteiger partial charge in [0.2, 0.25) is 0 Å². The van der Waals surface area contributed by atoms with Crippen molar-refractivity contribution < 1.29 is 19.7 Å². The SMILES string of the molecule is Cc1cn(C2OC3COC(O)C3C2O)c(=O)[nH]c1=O. The maximum Gasteiger partial charge on any atom is 0.330 e. The second kappa shape index (κ2) is 4.27. The van der Waals surface area contributed by atoms with Crippen LogP contribution in [0.1, 0.15) is 11.8 Å². The van der Waals surface area contributed by atoms with Crippen LogP contribution in [0.25, 0.3) is 0 Å². The molecule has 2 aliphatic heterocycles. The zero-order chi connectivity index (χ0) is 13.7. The predicted molar refractivity (Wildman–Crippen MR) is 61.4 cm³/mol. The van der Waals surface area contributed by atoms with Crippen LogP contribution < -0.4 is 11.2 Å². The molecular formula is C11H14N2O6. The van der Waals surface area contributed by atoms with Gasteiger partial charge in [-0.15, -0.1) is 0 Å². The number of aliphatic hydroxyl groups is 2. The van der Waals surface area contributed by atoms with Crippen molar-refractivity contribution in [2.24, 2.45) is 5.92 Å². The molecule has 5 unspecified atom stereocenters. The van der Waals surface area contributed by atoms with Crippen molar-refractivity contribution in [2.75, 3.05) is 6.61 Å². The van der Waals surface area contributed by atoms with E-state index < -0.39 is 41.9 Å². The van der Waals surface area contributed by atoms with E-state index in [1.54, 1.807) is 6.92 Å². The van der Waals surface area contributed by atoms with Crippen molar-refractivity contribution >= 4 is 0 Å². The van der Waals surface area contributed by atoms with E-state index in [4.69, 9.17) is 9.47 Å². The predicted octanol–water partition coefficient (Wildman–Crippen LogP) is -1.93. The number of nitrogens with zero attached hydrogens (tertiary/aromatic N) is 1. The van der Waals surface area contributed by atoms with Crippen molar-refractivity contribution in [2.45, 2.75) is 31.6 Å². The van der Waals surface area contributed by atoms with Crippen LogP contribution in [-0.2, 0) is 9.47 Å². The molecule has 1 aromatic heterocycles. The Hall–Kier alpha value is -1.48. The van der Waals surface area contributed by atoms with Gasteiger partial charge in [-0.05, 0) is 6.92 Å². The fraction of sp³-hybridized carbons (Fsp3) is 0.636. The number of aromatic nitrogens is 2. The summed E-state index contributed by atoms with van der Waals surface area (Å²) in [5.74, 6) is -0.593. The van der Waals surface area contributed by atoms with Crippen LogP contribution in [0.15, 0.2) is 15.8 Å². The molecule has 0 aliphatic carbocycles. The van der Waals surface area contributed by atoms with Crippen LogP contribution in [0.2, 0.25) is 0 Å². The number of nitrogens with one attached hydrogen (secondary N) is 1. The number of rotatable bonds is 1. The Labute approximate surface area is 107 Å². The largest absolute Gasteiger partial charge is 0.388 e. The summed E-state index contributed by atoms with van der Waals surface area (Å²) in [6, 6.07) is 0. The molecule has 3 rings (SSSR count). The van der Waals surface area contributed by atoms with Gasteiger partial charge in [-0.25, -0.2) is 4.79 Å². The molecular weight excluding hydrogens is 256 g/mol. The molecule has 2 fully saturated rings. The normalized spacial score (nSPS) is 37.5. The molecule has 2 aliphatic rings. The molecule has 3 heterocycles. The van der Waals surface area contributed by atoms with E-state index >= 15 is 0 Å². The third kappa shape index (κ3) is 1.84. The number of aliphatic hydroxyl groups excluding tert-OH is 2. The van der Waals surface area contributed by atoms with E-state index in [0.29, 0.717) is 5.56 Å². The summed E-state index contributed by atoms with van der Waals surface area (Å²) < 4.78 is 11.6. The first kappa shape index (κ1) is 12.5. The summed E-state index contributed by atoms with van der Waals surface area (Å²) in [5.41, 5.74) is -0.795. The highest BCUT2D eigenvalue weighted by Gasteiger charge is 2.52. The minimum Gasteiger partial charge on any atom is -0.388 e. The maximum atomic E-state index is 11.7. The van der Waals surface area contributed by atoms with Crippen LogP contribution in [0.3, 0.4) is 0 Å². The average Bonchev–Trinajstić information content (AvgIpc) is 2.86. The van der Waals surface area contributed by atoms with E-state index in [1.165, 1.54) is 6.20 Å². The monoisotopic (exact) mass is 270 g/mol. The Morgan fingerprint density at radius 2 is 2.16 bits per heavy atom. The number of hydrogen-bond acceptors (Lipinski definition) is 6. The van der Waals surface area contributed by atoms with Crippen LogP contribution in [0.4, 0.5) is 0 Å². The molecule has 8 heteroatoms. The number of aryl methyl sites for hydroxylation is 1. The minimum atomic E-state index is -1.11. The van der Waals surface area contributed by atoms with Crippen molar-refractivity contribution in [1.82, 2.24) is 9.55 Å². The highest BCUT2D eigenvalue weighted by atomic mass is 16.6. The van der Waals surface area contributed by atoms with E-state index in [2.05, 4.69) is 4.98 Å². The molecule has 0 bridgehead atoms. The molecule has 0 radical (unpaired) electrons. The Bertz CT molecular complexity index is 608. The van der Waals surface area contributed by atoms with E-state index in [1.807, 2.05) is 0 Å². The van der Waals surface area contributed by atoms with Crippen LogP contribution >= 0.6 is 0 Å². The van der Waals surface area contributed by atoms with Gasteiger partial charge >= 0.3 is 5.69 Å². The average molecular weight is 270 g/mol. The first-order valence-corrected chi connectivity index (χ1v) is 5.94. The Morgan fingerprint density at radius 1 is 1.42 bits per heavy atom. The minimum absolute atomic E-state index is 0.163. The number of hydrogen-bond donors (Lipinski definition) is 3. The molecule has 104 valence electrons. The summed E-state index contributed by atoms with van der Waals surface area (Å²) in [4.78, 5) is 25.2. The Balaban J connectivity index is 1.99. The number of aromatic amines is 1. The van der Waals surface area contributed by atoms with Gasteiger partial charge in [-0.3, -0.25) is 14.3 Å². The van der Waals surface area contributed by atoms with Crippen molar-refractivity contribution in [3.63, 3.8) is 0 Å². The maximum absolute atomic E-state index is 11.7. The molecule has 0 amide bonds. The van der Waals surface area contributed by atoms with Gasteiger partial charge in [0.05, 0.1) is 18.6 Å². The van der Waals surface area contributed by atoms with Crippen molar-refractivity contribution in [3.05, 3.63) is 32.6 Å². The van der Waals surface area contributed by atoms with E-state index in [9.17, 15) is 19.8 Å². The number of fused-ring (bicyclic) bond motifs is 1. The molecule has 1 aromatic rings. The number of H-pyrrole nitrogens is 1. The standard InChI is InChI=1S/C11H14N2O6/c1-4-2-13(11(17)12-8(4)15)9-7(14)6-5(19-9)3-18-10(6)16/h2,5-7,9-10,14,16H,3H2,1H3,(H,12,15,17). The topological polar surface area (TPSA) is 114 Å². The fourth-order valence-electron chi connectivity index (χ4n) is 2.57. The van der Waals surface area contributed by atoms with Gasteiger partial charge in [0.25, 0.3) is 5.56 Å². The second-order valence-electron chi connectivity index (χ2n) is 4.84. The molecule has 3 N–H and O–H groups in total. The summed E-state index contributed by atoms with van der Waals surface area (Å²) >= 11 is 0. The molecule has 5 atom stereocenters. The lowest BCUT2D eigenvalue weighted by Gasteiger charge is -2.20. The highest BCUT2D eigenvalue weighted by molar-refractivity contribution is 5.03.